The predicted molar refractivity (Wildman–Crippen MR) is 168 cm³/mol. The highest BCUT2D eigenvalue weighted by molar-refractivity contribution is 6.00. The summed E-state index contributed by atoms with van der Waals surface area (Å²) in [6.07, 6.45) is 2.76. The number of carbonyl (C=O) groups excluding carboxylic acids is 5. The van der Waals surface area contributed by atoms with Gasteiger partial charge in [-0.3, -0.25) is 28.8 Å². The highest BCUT2D eigenvalue weighted by Crippen LogP contribution is 2.29. The second-order valence-corrected chi connectivity index (χ2v) is 10.6. The lowest BCUT2D eigenvalue weighted by Crippen LogP contribution is -2.48. The van der Waals surface area contributed by atoms with Crippen molar-refractivity contribution in [2.75, 3.05) is 13.3 Å². The lowest BCUT2D eigenvalue weighted by atomic mass is 9.90. The number of unbranched alkanes of at least 4 members (excludes halogenated alkanes) is 2. The summed E-state index contributed by atoms with van der Waals surface area (Å²) in [6.45, 7) is 6.48. The van der Waals surface area contributed by atoms with E-state index in [2.05, 4.69) is 16.0 Å². The van der Waals surface area contributed by atoms with Gasteiger partial charge in [-0.1, -0.05) is 39.2 Å². The molecule has 0 fully saturated rings. The molecule has 4 amide bonds. The molecule has 1 aromatic carbocycles. The minimum atomic E-state index is -1.66. The number of amides is 4. The van der Waals surface area contributed by atoms with Gasteiger partial charge in [0.1, 0.15) is 17.6 Å². The summed E-state index contributed by atoms with van der Waals surface area (Å²) in [7, 11) is 0. The lowest BCUT2D eigenvalue weighted by Gasteiger charge is -2.31. The van der Waals surface area contributed by atoms with Crippen LogP contribution in [0.3, 0.4) is 0 Å². The third kappa shape index (κ3) is 11.4. The quantitative estimate of drug-likeness (QED) is 0.0557. The maximum absolute atomic E-state index is 13.2. The molecule has 0 aliphatic carbocycles. The molecule has 0 saturated carbocycles. The van der Waals surface area contributed by atoms with Crippen LogP contribution >= 0.6 is 0 Å². The van der Waals surface area contributed by atoms with E-state index in [0.29, 0.717) is 31.2 Å². The zero-order chi connectivity index (χ0) is 35.8. The predicted octanol–water partition coefficient (Wildman–Crippen LogP) is 2.72. The second kappa shape index (κ2) is 19.3. The number of aliphatic carboxylic acids is 2. The maximum Gasteiger partial charge on any atom is 0.329 e. The Morgan fingerprint density at radius 2 is 1.71 bits per heavy atom. The van der Waals surface area contributed by atoms with Crippen LogP contribution in [-0.2, 0) is 28.8 Å². The molecule has 3 atom stereocenters. The normalized spacial score (nSPS) is 12.5. The Hall–Kier alpha value is -5.41. The van der Waals surface area contributed by atoms with E-state index < -0.39 is 60.1 Å². The Kier molecular flexibility index (Phi) is 15.6. The SMILES string of the molecule is CCCCCC(C(=O)NCNC(=O)c1ccc(-c2ccc(C(=O)NC(CC(=O)O)C(=O)O)c(OCC)c2)o1)[C@@H](CC)N(C=O)OC(C)=O. The fourth-order valence-electron chi connectivity index (χ4n) is 4.86. The largest absolute Gasteiger partial charge is 0.493 e. The molecule has 16 heteroatoms. The summed E-state index contributed by atoms with van der Waals surface area (Å²) in [5.41, 5.74) is 0.371. The van der Waals surface area contributed by atoms with Crippen molar-refractivity contribution < 1.29 is 57.8 Å². The first-order chi connectivity index (χ1) is 22.9. The number of carbonyl (C=O) groups is 7. The third-order valence-corrected chi connectivity index (χ3v) is 7.14. The Labute approximate surface area is 277 Å². The standard InChI is InChI=1S/C32H42N4O12/c1-5-8-9-10-21(24(6-2)36(18-37)48-19(4)38)29(41)33-17-34-31(43)26-14-13-25(47-26)20-11-12-22(27(15-20)46-7-3)30(42)35-23(32(44)45)16-28(39)40/h11-15,18,21,23-24H,5-10,16-17H2,1-4H3,(H,33,41)(H,34,43)(H,35,42)(H,39,40)(H,44,45)/t21?,23?,24-/m1/s1. The average molecular weight is 675 g/mol. The molecule has 0 radical (unpaired) electrons. The smallest absolute Gasteiger partial charge is 0.329 e. The molecule has 1 aromatic heterocycles. The number of nitrogens with one attached hydrogen (secondary N) is 3. The molecule has 1 heterocycles. The fraction of sp³-hybridized carbons (Fsp3) is 0.469. The van der Waals surface area contributed by atoms with Crippen LogP contribution in [-0.4, -0.2) is 82.7 Å². The summed E-state index contributed by atoms with van der Waals surface area (Å²) in [5.74, 6) is -6.07. The molecule has 2 rings (SSSR count). The number of hydrogen-bond acceptors (Lipinski definition) is 10. The first-order valence-corrected chi connectivity index (χ1v) is 15.5. The molecule has 2 unspecified atom stereocenters. The lowest BCUT2D eigenvalue weighted by molar-refractivity contribution is -0.202. The highest BCUT2D eigenvalue weighted by Gasteiger charge is 2.33. The van der Waals surface area contributed by atoms with E-state index >= 15 is 0 Å². The van der Waals surface area contributed by atoms with E-state index in [1.54, 1.807) is 13.8 Å². The molecular weight excluding hydrogens is 632 g/mol. The Bertz CT molecular complexity index is 1460. The average Bonchev–Trinajstić information content (AvgIpc) is 3.53. The summed E-state index contributed by atoms with van der Waals surface area (Å²) in [5, 5.41) is 26.4. The molecule has 0 spiro atoms. The van der Waals surface area contributed by atoms with E-state index in [4.69, 9.17) is 19.1 Å². The number of hydrogen-bond donors (Lipinski definition) is 5. The topological polar surface area (TPSA) is 231 Å². The molecule has 0 saturated heterocycles. The number of ether oxygens (including phenoxy) is 1. The number of carboxylic acid groups (broad SMARTS) is 2. The van der Waals surface area contributed by atoms with Crippen LogP contribution in [0, 0.1) is 5.92 Å². The Morgan fingerprint density at radius 3 is 2.29 bits per heavy atom. The van der Waals surface area contributed by atoms with Crippen molar-refractivity contribution >= 4 is 42.0 Å². The summed E-state index contributed by atoms with van der Waals surface area (Å²) in [6, 6.07) is 4.81. The Balaban J connectivity index is 2.14. The minimum absolute atomic E-state index is 0.0417. The van der Waals surface area contributed by atoms with Gasteiger partial charge in [-0.25, -0.2) is 4.79 Å². The maximum atomic E-state index is 13.2. The molecule has 262 valence electrons. The number of benzene rings is 1. The van der Waals surface area contributed by atoms with Crippen molar-refractivity contribution in [2.45, 2.75) is 78.3 Å². The fourth-order valence-corrected chi connectivity index (χ4v) is 4.86. The molecule has 0 aliphatic heterocycles. The van der Waals surface area contributed by atoms with Gasteiger partial charge in [0.2, 0.25) is 12.3 Å². The first-order valence-electron chi connectivity index (χ1n) is 15.5. The van der Waals surface area contributed by atoms with Crippen molar-refractivity contribution in [3.05, 3.63) is 41.7 Å². The molecule has 0 aliphatic rings. The van der Waals surface area contributed by atoms with Gasteiger partial charge in [-0.15, -0.1) is 0 Å². The minimum Gasteiger partial charge on any atom is -0.493 e. The zero-order valence-corrected chi connectivity index (χ0v) is 27.3. The van der Waals surface area contributed by atoms with E-state index in [-0.39, 0.29) is 36.1 Å². The summed E-state index contributed by atoms with van der Waals surface area (Å²) >= 11 is 0. The summed E-state index contributed by atoms with van der Waals surface area (Å²) < 4.78 is 11.3. The van der Waals surface area contributed by atoms with Crippen molar-refractivity contribution in [2.24, 2.45) is 5.92 Å². The van der Waals surface area contributed by atoms with E-state index in [9.17, 15) is 38.7 Å². The van der Waals surface area contributed by atoms with Crippen LogP contribution in [0.15, 0.2) is 34.7 Å². The van der Waals surface area contributed by atoms with Crippen LogP contribution < -0.4 is 20.7 Å². The summed E-state index contributed by atoms with van der Waals surface area (Å²) in [4.78, 5) is 89.3. The molecule has 16 nitrogen and oxygen atoms in total. The van der Waals surface area contributed by atoms with Crippen molar-refractivity contribution in [1.82, 2.24) is 21.0 Å². The van der Waals surface area contributed by atoms with Crippen molar-refractivity contribution in [3.8, 4) is 17.1 Å². The van der Waals surface area contributed by atoms with E-state index in [0.717, 1.165) is 24.8 Å². The van der Waals surface area contributed by atoms with Crippen LogP contribution in [0.2, 0.25) is 0 Å². The molecule has 5 N–H and O–H groups in total. The van der Waals surface area contributed by atoms with Gasteiger partial charge >= 0.3 is 17.9 Å². The van der Waals surface area contributed by atoms with Gasteiger partial charge in [-0.2, -0.15) is 5.06 Å². The van der Waals surface area contributed by atoms with Gasteiger partial charge in [0.25, 0.3) is 11.8 Å². The first kappa shape index (κ1) is 38.8. The Morgan fingerprint density at radius 1 is 0.979 bits per heavy atom. The monoisotopic (exact) mass is 674 g/mol. The van der Waals surface area contributed by atoms with Gasteiger partial charge in [0.15, 0.2) is 5.76 Å². The van der Waals surface area contributed by atoms with Gasteiger partial charge < -0.3 is 40.2 Å². The third-order valence-electron chi connectivity index (χ3n) is 7.14. The molecule has 2 aromatic rings. The van der Waals surface area contributed by atoms with Crippen LogP contribution in [0.4, 0.5) is 0 Å². The van der Waals surface area contributed by atoms with Gasteiger partial charge in [0, 0.05) is 12.5 Å². The van der Waals surface area contributed by atoms with Crippen LogP contribution in [0.1, 0.15) is 87.1 Å². The van der Waals surface area contributed by atoms with E-state index in [1.165, 1.54) is 30.3 Å². The molecule has 0 bridgehead atoms. The van der Waals surface area contributed by atoms with Crippen molar-refractivity contribution in [1.29, 1.82) is 0 Å². The number of rotatable bonds is 21. The van der Waals surface area contributed by atoms with Crippen molar-refractivity contribution in [3.63, 3.8) is 0 Å². The molecular formula is C32H42N4O12. The second-order valence-electron chi connectivity index (χ2n) is 10.6. The number of furan rings is 1. The zero-order valence-electron chi connectivity index (χ0n) is 27.3. The van der Waals surface area contributed by atoms with Crippen LogP contribution in [0.5, 0.6) is 5.75 Å². The van der Waals surface area contributed by atoms with Crippen LogP contribution in [0.25, 0.3) is 11.3 Å². The van der Waals surface area contributed by atoms with Gasteiger partial charge in [0.05, 0.1) is 37.2 Å². The number of hydroxylamine groups is 2. The molecule has 48 heavy (non-hydrogen) atoms. The number of nitrogens with zero attached hydrogens (tertiary/aromatic N) is 1. The number of carboxylic acids is 2. The van der Waals surface area contributed by atoms with E-state index in [1.807, 2.05) is 6.92 Å². The van der Waals surface area contributed by atoms with Gasteiger partial charge in [-0.05, 0) is 44.0 Å². The highest BCUT2D eigenvalue weighted by atomic mass is 16.7.